The second-order valence-corrected chi connectivity index (χ2v) is 5.59. The molecule has 0 radical (unpaired) electrons. The van der Waals surface area contributed by atoms with Crippen LogP contribution < -0.4 is 4.74 Å². The third-order valence-corrected chi connectivity index (χ3v) is 3.62. The molecule has 0 saturated heterocycles. The minimum atomic E-state index is -0.934. The molecule has 0 spiro atoms. The summed E-state index contributed by atoms with van der Waals surface area (Å²) in [6.45, 7) is 2.95. The van der Waals surface area contributed by atoms with E-state index in [0.717, 1.165) is 30.0 Å². The number of rotatable bonds is 9. The summed E-state index contributed by atoms with van der Waals surface area (Å²) in [5, 5.41) is 8.86. The van der Waals surface area contributed by atoms with E-state index in [1.807, 2.05) is 24.3 Å². The number of benzene rings is 2. The van der Waals surface area contributed by atoms with Crippen LogP contribution in [0.25, 0.3) is 0 Å². The third-order valence-electron chi connectivity index (χ3n) is 3.62. The van der Waals surface area contributed by atoms with Crippen molar-refractivity contribution in [2.45, 2.75) is 32.6 Å². The van der Waals surface area contributed by atoms with E-state index in [4.69, 9.17) is 9.84 Å². The maximum atomic E-state index is 10.8. The van der Waals surface area contributed by atoms with Gasteiger partial charge in [0.2, 0.25) is 0 Å². The first kappa shape index (κ1) is 17.7. The Morgan fingerprint density at radius 3 is 2.38 bits per heavy atom. The molecule has 0 aliphatic rings. The molecular formula is C20H23NO3. The van der Waals surface area contributed by atoms with Gasteiger partial charge in [-0.25, -0.2) is 4.79 Å². The number of unbranched alkanes of at least 4 members (excludes halogenated alkanes) is 3. The van der Waals surface area contributed by atoms with Crippen molar-refractivity contribution in [2.75, 3.05) is 6.61 Å². The molecule has 2 rings (SSSR count). The summed E-state index contributed by atoms with van der Waals surface area (Å²) in [7, 11) is 0. The average Bonchev–Trinajstić information content (AvgIpc) is 2.61. The van der Waals surface area contributed by atoms with E-state index >= 15 is 0 Å². The van der Waals surface area contributed by atoms with Gasteiger partial charge in [-0.3, -0.25) is 4.99 Å². The van der Waals surface area contributed by atoms with Crippen LogP contribution in [0.2, 0.25) is 0 Å². The van der Waals surface area contributed by atoms with E-state index in [9.17, 15) is 4.79 Å². The Morgan fingerprint density at radius 1 is 1.04 bits per heavy atom. The van der Waals surface area contributed by atoms with Crippen molar-refractivity contribution < 1.29 is 14.6 Å². The Bertz CT molecular complexity index is 660. The fourth-order valence-corrected chi connectivity index (χ4v) is 2.21. The highest BCUT2D eigenvalue weighted by atomic mass is 16.5. The van der Waals surface area contributed by atoms with Crippen LogP contribution in [0, 0.1) is 0 Å². The van der Waals surface area contributed by atoms with E-state index in [0.29, 0.717) is 0 Å². The molecule has 1 N–H and O–H groups in total. The second-order valence-electron chi connectivity index (χ2n) is 5.59. The van der Waals surface area contributed by atoms with Gasteiger partial charge in [0.1, 0.15) is 5.75 Å². The molecule has 0 heterocycles. The average molecular weight is 325 g/mol. The van der Waals surface area contributed by atoms with Gasteiger partial charge in [-0.1, -0.05) is 26.2 Å². The Morgan fingerprint density at radius 2 is 1.75 bits per heavy atom. The van der Waals surface area contributed by atoms with Crippen molar-refractivity contribution in [1.82, 2.24) is 0 Å². The quantitative estimate of drug-likeness (QED) is 0.516. The molecule has 126 valence electrons. The number of aromatic carboxylic acids is 1. The monoisotopic (exact) mass is 325 g/mol. The molecule has 0 saturated carbocycles. The molecule has 4 heteroatoms. The molecular weight excluding hydrogens is 302 g/mol. The molecule has 0 bridgehead atoms. The van der Waals surface area contributed by atoms with E-state index in [1.165, 1.54) is 19.3 Å². The van der Waals surface area contributed by atoms with Crippen molar-refractivity contribution >= 4 is 17.9 Å². The molecule has 24 heavy (non-hydrogen) atoms. The van der Waals surface area contributed by atoms with Crippen LogP contribution in [0.15, 0.2) is 53.5 Å². The molecule has 0 aliphatic heterocycles. The van der Waals surface area contributed by atoms with Crippen LogP contribution in [0.5, 0.6) is 5.75 Å². The van der Waals surface area contributed by atoms with Gasteiger partial charge in [-0.05, 0) is 60.5 Å². The topological polar surface area (TPSA) is 58.9 Å². The smallest absolute Gasteiger partial charge is 0.335 e. The summed E-state index contributed by atoms with van der Waals surface area (Å²) in [4.78, 5) is 15.1. The molecule has 0 aliphatic carbocycles. The number of nitrogens with zero attached hydrogens (tertiary/aromatic N) is 1. The summed E-state index contributed by atoms with van der Waals surface area (Å²) in [5.74, 6) is -0.0646. The number of aliphatic imine (C=N–C) groups is 1. The maximum absolute atomic E-state index is 10.8. The summed E-state index contributed by atoms with van der Waals surface area (Å²) in [5.41, 5.74) is 1.95. The minimum absolute atomic E-state index is 0.259. The lowest BCUT2D eigenvalue weighted by Crippen LogP contribution is -1.97. The van der Waals surface area contributed by atoms with E-state index in [2.05, 4.69) is 11.9 Å². The predicted octanol–water partition coefficient (Wildman–Crippen LogP) is 5.09. The summed E-state index contributed by atoms with van der Waals surface area (Å²) >= 11 is 0. The lowest BCUT2D eigenvalue weighted by atomic mass is 10.2. The molecule has 0 atom stereocenters. The first-order valence-corrected chi connectivity index (χ1v) is 8.29. The maximum Gasteiger partial charge on any atom is 0.335 e. The summed E-state index contributed by atoms with van der Waals surface area (Å²) in [6.07, 6.45) is 6.53. The molecule has 2 aromatic rings. The largest absolute Gasteiger partial charge is 0.494 e. The molecule has 4 nitrogen and oxygen atoms in total. The Labute approximate surface area is 142 Å². The highest BCUT2D eigenvalue weighted by Gasteiger charge is 2.00. The van der Waals surface area contributed by atoms with Gasteiger partial charge in [0, 0.05) is 6.21 Å². The van der Waals surface area contributed by atoms with Gasteiger partial charge in [0.25, 0.3) is 0 Å². The highest BCUT2D eigenvalue weighted by molar-refractivity contribution is 5.88. The van der Waals surface area contributed by atoms with Crippen molar-refractivity contribution in [1.29, 1.82) is 0 Å². The van der Waals surface area contributed by atoms with Crippen molar-refractivity contribution in [3.05, 3.63) is 59.7 Å². The zero-order valence-corrected chi connectivity index (χ0v) is 13.9. The molecule has 0 aromatic heterocycles. The fraction of sp³-hybridized carbons (Fsp3) is 0.300. The van der Waals surface area contributed by atoms with Gasteiger partial charge in [0.05, 0.1) is 17.9 Å². The molecule has 0 amide bonds. The summed E-state index contributed by atoms with van der Waals surface area (Å²) < 4.78 is 5.71. The SMILES string of the molecule is CCCCCCOc1ccc(C=Nc2ccc(C(=O)O)cc2)cc1. The number of hydrogen-bond acceptors (Lipinski definition) is 3. The minimum Gasteiger partial charge on any atom is -0.494 e. The molecule has 0 unspecified atom stereocenters. The van der Waals surface area contributed by atoms with Gasteiger partial charge >= 0.3 is 5.97 Å². The van der Waals surface area contributed by atoms with Gasteiger partial charge in [-0.15, -0.1) is 0 Å². The number of carboxylic acids is 1. The van der Waals surface area contributed by atoms with Crippen LogP contribution in [0.1, 0.15) is 48.5 Å². The lowest BCUT2D eigenvalue weighted by Gasteiger charge is -2.05. The van der Waals surface area contributed by atoms with Crippen LogP contribution in [0.4, 0.5) is 5.69 Å². The first-order chi connectivity index (χ1) is 11.7. The zero-order valence-electron chi connectivity index (χ0n) is 13.9. The zero-order chi connectivity index (χ0) is 17.2. The Kier molecular flexibility index (Phi) is 7.02. The summed E-state index contributed by atoms with van der Waals surface area (Å²) in [6, 6.07) is 14.3. The van der Waals surface area contributed by atoms with Gasteiger partial charge in [0.15, 0.2) is 0 Å². The lowest BCUT2D eigenvalue weighted by molar-refractivity contribution is 0.0697. The third kappa shape index (κ3) is 5.88. The van der Waals surface area contributed by atoms with Crippen molar-refractivity contribution in [3.63, 3.8) is 0 Å². The highest BCUT2D eigenvalue weighted by Crippen LogP contribution is 2.15. The van der Waals surface area contributed by atoms with Crippen LogP contribution in [-0.2, 0) is 0 Å². The van der Waals surface area contributed by atoms with Crippen molar-refractivity contribution in [2.24, 2.45) is 4.99 Å². The number of carbonyl (C=O) groups is 1. The Hall–Kier alpha value is -2.62. The van der Waals surface area contributed by atoms with Crippen LogP contribution in [-0.4, -0.2) is 23.9 Å². The predicted molar refractivity (Wildman–Crippen MR) is 96.7 cm³/mol. The number of hydrogen-bond donors (Lipinski definition) is 1. The standard InChI is InChI=1S/C20H23NO3/c1-2-3-4-5-14-24-19-12-6-16(7-13-19)15-21-18-10-8-17(9-11-18)20(22)23/h6-13,15H,2-5,14H2,1H3,(H,22,23). The van der Waals surface area contributed by atoms with Gasteiger partial charge < -0.3 is 9.84 Å². The normalized spacial score (nSPS) is 10.9. The van der Waals surface area contributed by atoms with Gasteiger partial charge in [-0.2, -0.15) is 0 Å². The van der Waals surface area contributed by atoms with Crippen LogP contribution in [0.3, 0.4) is 0 Å². The van der Waals surface area contributed by atoms with E-state index in [-0.39, 0.29) is 5.56 Å². The van der Waals surface area contributed by atoms with Crippen LogP contribution >= 0.6 is 0 Å². The number of carboxylic acid groups (broad SMARTS) is 1. The first-order valence-electron chi connectivity index (χ1n) is 8.29. The van der Waals surface area contributed by atoms with E-state index in [1.54, 1.807) is 30.5 Å². The second kappa shape index (κ2) is 9.50. The number of ether oxygens (including phenoxy) is 1. The fourth-order valence-electron chi connectivity index (χ4n) is 2.21. The molecule has 2 aromatic carbocycles. The van der Waals surface area contributed by atoms with Crippen molar-refractivity contribution in [3.8, 4) is 5.75 Å². The Balaban J connectivity index is 1.85. The van der Waals surface area contributed by atoms with E-state index < -0.39 is 5.97 Å². The molecule has 0 fully saturated rings.